The van der Waals surface area contributed by atoms with Crippen LogP contribution in [0.1, 0.15) is 12.2 Å². The Hall–Kier alpha value is -1.80. The van der Waals surface area contributed by atoms with E-state index in [-0.39, 0.29) is 12.3 Å². The van der Waals surface area contributed by atoms with Gasteiger partial charge in [0.05, 0.1) is 12.6 Å². The zero-order valence-corrected chi connectivity index (χ0v) is 8.60. The Kier molecular flexibility index (Phi) is 3.89. The molecular weight excluding hydrogens is 192 g/mol. The second-order valence-corrected chi connectivity index (χ2v) is 3.19. The van der Waals surface area contributed by atoms with Crippen LogP contribution in [0.2, 0.25) is 0 Å². The lowest BCUT2D eigenvalue weighted by Crippen LogP contribution is -2.40. The van der Waals surface area contributed by atoms with E-state index in [0.29, 0.717) is 6.54 Å². The van der Waals surface area contributed by atoms with Gasteiger partial charge in [0.2, 0.25) is 5.91 Å². The molecule has 0 aliphatic heterocycles. The zero-order valence-electron chi connectivity index (χ0n) is 8.60. The minimum Gasteiger partial charge on any atom is -0.347 e. The van der Waals surface area contributed by atoms with Gasteiger partial charge in [0.1, 0.15) is 5.82 Å². The van der Waals surface area contributed by atoms with Crippen LogP contribution in [0.25, 0.3) is 0 Å². The number of carbonyl (C=O) groups is 1. The Balaban J connectivity index is 2.41. The van der Waals surface area contributed by atoms with E-state index in [1.165, 1.54) is 0 Å². The third kappa shape index (κ3) is 3.11. The highest BCUT2D eigenvalue weighted by Crippen LogP contribution is 1.94. The molecule has 0 fully saturated rings. The first-order chi connectivity index (χ1) is 7.15. The lowest BCUT2D eigenvalue weighted by atomic mass is 10.2. The number of nitrogens with two attached hydrogens (primary N) is 1. The van der Waals surface area contributed by atoms with Crippen molar-refractivity contribution in [2.45, 2.75) is 19.0 Å². The highest BCUT2D eigenvalue weighted by Gasteiger charge is 2.11. The summed E-state index contributed by atoms with van der Waals surface area (Å²) in [5.41, 5.74) is 5.52. The van der Waals surface area contributed by atoms with E-state index >= 15 is 0 Å². The number of amides is 1. The summed E-state index contributed by atoms with van der Waals surface area (Å²) in [5.74, 6) is 2.87. The van der Waals surface area contributed by atoms with Crippen LogP contribution in [0.3, 0.4) is 0 Å². The van der Waals surface area contributed by atoms with Crippen LogP contribution in [0.4, 0.5) is 0 Å². The molecule has 80 valence electrons. The summed E-state index contributed by atoms with van der Waals surface area (Å²) in [4.78, 5) is 15.4. The van der Waals surface area contributed by atoms with Gasteiger partial charge >= 0.3 is 0 Å². The quantitative estimate of drug-likeness (QED) is 0.645. The van der Waals surface area contributed by atoms with Crippen molar-refractivity contribution in [3.63, 3.8) is 0 Å². The second kappa shape index (κ2) is 5.17. The van der Waals surface area contributed by atoms with Gasteiger partial charge in [0.25, 0.3) is 0 Å². The molecule has 0 saturated carbocycles. The highest BCUT2D eigenvalue weighted by molar-refractivity contribution is 5.81. The minimum absolute atomic E-state index is 0.242. The van der Waals surface area contributed by atoms with Crippen molar-refractivity contribution in [1.82, 2.24) is 14.9 Å². The summed E-state index contributed by atoms with van der Waals surface area (Å²) in [6.07, 6.45) is 8.78. The maximum atomic E-state index is 11.4. The number of aryl methyl sites for hydroxylation is 1. The molecule has 1 heterocycles. The van der Waals surface area contributed by atoms with Crippen molar-refractivity contribution in [1.29, 1.82) is 0 Å². The smallest absolute Gasteiger partial charge is 0.238 e. The average Bonchev–Trinajstić information content (AvgIpc) is 2.61. The van der Waals surface area contributed by atoms with Gasteiger partial charge in [-0.25, -0.2) is 4.98 Å². The summed E-state index contributed by atoms with van der Waals surface area (Å²) < 4.78 is 1.83. The van der Waals surface area contributed by atoms with Crippen LogP contribution in [-0.2, 0) is 18.4 Å². The first-order valence-electron chi connectivity index (χ1n) is 4.58. The van der Waals surface area contributed by atoms with Crippen molar-refractivity contribution in [3.8, 4) is 12.3 Å². The average molecular weight is 206 g/mol. The molecule has 0 saturated heterocycles. The predicted molar refractivity (Wildman–Crippen MR) is 56.5 cm³/mol. The Labute approximate surface area is 88.7 Å². The molecule has 1 aromatic rings. The lowest BCUT2D eigenvalue weighted by Gasteiger charge is -2.09. The third-order valence-electron chi connectivity index (χ3n) is 2.02. The number of aromatic nitrogens is 2. The van der Waals surface area contributed by atoms with Gasteiger partial charge in [0.15, 0.2) is 0 Å². The van der Waals surface area contributed by atoms with Crippen molar-refractivity contribution in [2.24, 2.45) is 12.8 Å². The molecule has 15 heavy (non-hydrogen) atoms. The Morgan fingerprint density at radius 3 is 3.13 bits per heavy atom. The van der Waals surface area contributed by atoms with Gasteiger partial charge in [-0.05, 0) is 0 Å². The first kappa shape index (κ1) is 11.3. The van der Waals surface area contributed by atoms with E-state index in [1.807, 2.05) is 17.8 Å². The molecule has 0 bridgehead atoms. The molecule has 1 amide bonds. The largest absolute Gasteiger partial charge is 0.347 e. The number of nitrogens with zero attached hydrogens (tertiary/aromatic N) is 2. The summed E-state index contributed by atoms with van der Waals surface area (Å²) in [5, 5.41) is 2.67. The number of terminal acetylenes is 1. The monoisotopic (exact) mass is 206 g/mol. The fourth-order valence-corrected chi connectivity index (χ4v) is 1.08. The van der Waals surface area contributed by atoms with Gasteiger partial charge in [0, 0.05) is 25.9 Å². The lowest BCUT2D eigenvalue weighted by molar-refractivity contribution is -0.122. The van der Waals surface area contributed by atoms with Gasteiger partial charge < -0.3 is 15.6 Å². The fraction of sp³-hybridized carbons (Fsp3) is 0.400. The fourth-order valence-electron chi connectivity index (χ4n) is 1.08. The maximum absolute atomic E-state index is 11.4. The van der Waals surface area contributed by atoms with Crippen molar-refractivity contribution in [2.75, 3.05) is 0 Å². The van der Waals surface area contributed by atoms with Crippen LogP contribution in [-0.4, -0.2) is 21.5 Å². The van der Waals surface area contributed by atoms with Gasteiger partial charge in [-0.15, -0.1) is 12.3 Å². The molecule has 5 heteroatoms. The number of hydrogen-bond acceptors (Lipinski definition) is 3. The standard InChI is InChI=1S/C10H14N4O/c1-3-4-8(11)10(15)13-7-9-12-5-6-14(9)2/h1,5-6,8H,4,7,11H2,2H3,(H,13,15). The molecule has 1 atom stereocenters. The molecule has 1 rings (SSSR count). The molecule has 0 aromatic carbocycles. The van der Waals surface area contributed by atoms with E-state index in [4.69, 9.17) is 12.2 Å². The van der Waals surface area contributed by atoms with Gasteiger partial charge in [-0.1, -0.05) is 0 Å². The van der Waals surface area contributed by atoms with Crippen molar-refractivity contribution >= 4 is 5.91 Å². The molecular formula is C10H14N4O. The first-order valence-corrected chi connectivity index (χ1v) is 4.58. The molecule has 1 aromatic heterocycles. The molecule has 1 unspecified atom stereocenters. The van der Waals surface area contributed by atoms with Crippen LogP contribution >= 0.6 is 0 Å². The van der Waals surface area contributed by atoms with Gasteiger partial charge in [-0.2, -0.15) is 0 Å². The topological polar surface area (TPSA) is 72.9 Å². The molecule has 0 spiro atoms. The zero-order chi connectivity index (χ0) is 11.3. The van der Waals surface area contributed by atoms with Crippen LogP contribution < -0.4 is 11.1 Å². The summed E-state index contributed by atoms with van der Waals surface area (Å²) >= 11 is 0. The second-order valence-electron chi connectivity index (χ2n) is 3.19. The Bertz CT molecular complexity index is 377. The van der Waals surface area contributed by atoms with Crippen LogP contribution in [0, 0.1) is 12.3 Å². The molecule has 3 N–H and O–H groups in total. The van der Waals surface area contributed by atoms with Crippen molar-refractivity contribution < 1.29 is 4.79 Å². The SMILES string of the molecule is C#CCC(N)C(=O)NCc1nccn1C. The third-order valence-corrected chi connectivity index (χ3v) is 2.02. The number of nitrogens with one attached hydrogen (secondary N) is 1. The Morgan fingerprint density at radius 1 is 1.87 bits per heavy atom. The van der Waals surface area contributed by atoms with E-state index < -0.39 is 6.04 Å². The molecule has 0 radical (unpaired) electrons. The van der Waals surface area contributed by atoms with E-state index in [1.54, 1.807) is 6.20 Å². The Morgan fingerprint density at radius 2 is 2.60 bits per heavy atom. The molecule has 5 nitrogen and oxygen atoms in total. The van der Waals surface area contributed by atoms with Gasteiger partial charge in [-0.3, -0.25) is 4.79 Å². The number of hydrogen-bond donors (Lipinski definition) is 2. The summed E-state index contributed by atoms with van der Waals surface area (Å²) in [6.45, 7) is 0.362. The van der Waals surface area contributed by atoms with E-state index in [9.17, 15) is 4.79 Å². The maximum Gasteiger partial charge on any atom is 0.238 e. The minimum atomic E-state index is -0.643. The molecule has 0 aliphatic rings. The number of carbonyl (C=O) groups excluding carboxylic acids is 1. The van der Waals surface area contributed by atoms with E-state index in [2.05, 4.69) is 16.2 Å². The predicted octanol–water partition coefficient (Wildman–Crippen LogP) is -0.613. The number of rotatable bonds is 4. The van der Waals surface area contributed by atoms with Crippen molar-refractivity contribution in [3.05, 3.63) is 18.2 Å². The van der Waals surface area contributed by atoms with Crippen LogP contribution in [0.5, 0.6) is 0 Å². The highest BCUT2D eigenvalue weighted by atomic mass is 16.2. The summed E-state index contributed by atoms with van der Waals surface area (Å²) in [7, 11) is 1.86. The molecule has 0 aliphatic carbocycles. The number of imidazole rings is 1. The van der Waals surface area contributed by atoms with E-state index in [0.717, 1.165) is 5.82 Å². The summed E-state index contributed by atoms with van der Waals surface area (Å²) in [6, 6.07) is -0.643. The van der Waals surface area contributed by atoms with Crippen LogP contribution in [0.15, 0.2) is 12.4 Å². The normalized spacial score (nSPS) is 11.8.